The Bertz CT molecular complexity index is 1200. The van der Waals surface area contributed by atoms with Gasteiger partial charge in [0.25, 0.3) is 10.0 Å². The minimum Gasteiger partial charge on any atom is -0.491 e. The molecular formula is C24H25ClN2O4S. The number of rotatable bonds is 8. The van der Waals surface area contributed by atoms with Crippen molar-refractivity contribution in [1.82, 2.24) is 0 Å². The maximum Gasteiger partial charge on any atom is 0.264 e. The molecule has 0 aliphatic carbocycles. The molecule has 0 fully saturated rings. The van der Waals surface area contributed by atoms with Crippen LogP contribution in [0.15, 0.2) is 77.7 Å². The monoisotopic (exact) mass is 472 g/mol. The molecule has 0 radical (unpaired) electrons. The van der Waals surface area contributed by atoms with Crippen LogP contribution in [0.25, 0.3) is 0 Å². The molecule has 6 nitrogen and oxygen atoms in total. The predicted molar refractivity (Wildman–Crippen MR) is 128 cm³/mol. The van der Waals surface area contributed by atoms with Crippen LogP contribution in [0.4, 0.5) is 11.4 Å². The Kier molecular flexibility index (Phi) is 7.43. The lowest BCUT2D eigenvalue weighted by Gasteiger charge is -2.24. The lowest BCUT2D eigenvalue weighted by atomic mass is 10.2. The largest absolute Gasteiger partial charge is 0.491 e. The van der Waals surface area contributed by atoms with Crippen molar-refractivity contribution in [3.8, 4) is 5.75 Å². The molecular weight excluding hydrogens is 448 g/mol. The van der Waals surface area contributed by atoms with Gasteiger partial charge in [0, 0.05) is 16.8 Å². The van der Waals surface area contributed by atoms with Crippen molar-refractivity contribution in [2.24, 2.45) is 0 Å². The van der Waals surface area contributed by atoms with Crippen LogP contribution in [-0.2, 0) is 14.8 Å². The number of sulfonamides is 1. The van der Waals surface area contributed by atoms with E-state index in [0.29, 0.717) is 22.1 Å². The average molecular weight is 473 g/mol. The van der Waals surface area contributed by atoms with Crippen molar-refractivity contribution in [3.05, 3.63) is 83.4 Å². The number of ether oxygens (including phenoxy) is 1. The van der Waals surface area contributed by atoms with Gasteiger partial charge in [-0.2, -0.15) is 0 Å². The van der Waals surface area contributed by atoms with Crippen molar-refractivity contribution < 1.29 is 17.9 Å². The highest BCUT2D eigenvalue weighted by molar-refractivity contribution is 7.92. The molecule has 0 aliphatic rings. The van der Waals surface area contributed by atoms with E-state index in [-0.39, 0.29) is 11.0 Å². The minimum absolute atomic E-state index is 0.0151. The van der Waals surface area contributed by atoms with Crippen LogP contribution >= 0.6 is 11.6 Å². The van der Waals surface area contributed by atoms with Crippen molar-refractivity contribution in [3.63, 3.8) is 0 Å². The number of benzene rings is 3. The highest BCUT2D eigenvalue weighted by Crippen LogP contribution is 2.28. The second-order valence-electron chi connectivity index (χ2n) is 7.50. The Morgan fingerprint density at radius 2 is 1.75 bits per heavy atom. The lowest BCUT2D eigenvalue weighted by molar-refractivity contribution is -0.114. The summed E-state index contributed by atoms with van der Waals surface area (Å²) in [7, 11) is -4.01. The van der Waals surface area contributed by atoms with E-state index in [2.05, 4.69) is 5.32 Å². The first-order valence-electron chi connectivity index (χ1n) is 10.1. The zero-order chi connectivity index (χ0) is 23.3. The van der Waals surface area contributed by atoms with E-state index in [4.69, 9.17) is 16.3 Å². The van der Waals surface area contributed by atoms with E-state index in [9.17, 15) is 13.2 Å². The normalized spacial score (nSPS) is 11.3. The fourth-order valence-corrected chi connectivity index (χ4v) is 4.63. The summed E-state index contributed by atoms with van der Waals surface area (Å²) in [5.74, 6) is 0.111. The Morgan fingerprint density at radius 1 is 1.03 bits per heavy atom. The summed E-state index contributed by atoms with van der Waals surface area (Å²) in [6.45, 7) is 5.21. The van der Waals surface area contributed by atoms with E-state index < -0.39 is 22.5 Å². The molecule has 0 aromatic heterocycles. The number of nitrogens with zero attached hydrogens (tertiary/aromatic N) is 1. The summed E-state index contributed by atoms with van der Waals surface area (Å²) in [6, 6.07) is 19.8. The highest BCUT2D eigenvalue weighted by atomic mass is 35.5. The fraction of sp³-hybridized carbons (Fsp3) is 0.208. The topological polar surface area (TPSA) is 75.7 Å². The number of hydrogen-bond acceptors (Lipinski definition) is 4. The van der Waals surface area contributed by atoms with Gasteiger partial charge in [-0.3, -0.25) is 9.10 Å². The molecule has 1 N–H and O–H groups in total. The standard InChI is InChI=1S/C24H25ClN2O4S/c1-17(2)31-21-9-7-8-19(14-21)26-24(28)16-27(20-13-12-18(3)23(25)15-20)32(29,30)22-10-5-4-6-11-22/h4-15,17H,16H2,1-3H3,(H,26,28). The first kappa shape index (κ1) is 23.6. The van der Waals surface area contributed by atoms with Gasteiger partial charge in [-0.05, 0) is 62.7 Å². The molecule has 0 heterocycles. The maximum atomic E-state index is 13.4. The summed E-state index contributed by atoms with van der Waals surface area (Å²) >= 11 is 6.24. The van der Waals surface area contributed by atoms with E-state index in [0.717, 1.165) is 9.87 Å². The second kappa shape index (κ2) is 10.1. The van der Waals surface area contributed by atoms with Gasteiger partial charge >= 0.3 is 0 Å². The molecule has 0 aliphatic heterocycles. The van der Waals surface area contributed by atoms with E-state index >= 15 is 0 Å². The third-order valence-electron chi connectivity index (χ3n) is 4.55. The van der Waals surface area contributed by atoms with Crippen LogP contribution in [0, 0.1) is 6.92 Å². The van der Waals surface area contributed by atoms with E-state index in [1.807, 2.05) is 20.8 Å². The van der Waals surface area contributed by atoms with Gasteiger partial charge in [-0.25, -0.2) is 8.42 Å². The molecule has 168 valence electrons. The van der Waals surface area contributed by atoms with Crippen molar-refractivity contribution in [2.75, 3.05) is 16.2 Å². The number of carbonyl (C=O) groups is 1. The molecule has 0 bridgehead atoms. The van der Waals surface area contributed by atoms with E-state index in [1.54, 1.807) is 60.7 Å². The molecule has 0 unspecified atom stereocenters. The quantitative estimate of drug-likeness (QED) is 0.484. The molecule has 3 aromatic rings. The SMILES string of the molecule is Cc1ccc(N(CC(=O)Nc2cccc(OC(C)C)c2)S(=O)(=O)c2ccccc2)cc1Cl. The molecule has 1 amide bonds. The van der Waals surface area contributed by atoms with Crippen LogP contribution in [0.5, 0.6) is 5.75 Å². The summed E-state index contributed by atoms with van der Waals surface area (Å²) in [5.41, 5.74) is 1.61. The number of amides is 1. The van der Waals surface area contributed by atoms with Crippen LogP contribution in [0.1, 0.15) is 19.4 Å². The first-order chi connectivity index (χ1) is 15.2. The maximum absolute atomic E-state index is 13.4. The zero-order valence-electron chi connectivity index (χ0n) is 18.1. The third-order valence-corrected chi connectivity index (χ3v) is 6.75. The van der Waals surface area contributed by atoms with Gasteiger partial charge in [0.1, 0.15) is 12.3 Å². The zero-order valence-corrected chi connectivity index (χ0v) is 19.7. The van der Waals surface area contributed by atoms with Crippen LogP contribution < -0.4 is 14.4 Å². The summed E-state index contributed by atoms with van der Waals surface area (Å²) < 4.78 is 33.5. The van der Waals surface area contributed by atoms with Crippen LogP contribution in [0.2, 0.25) is 5.02 Å². The third kappa shape index (κ3) is 5.81. The second-order valence-corrected chi connectivity index (χ2v) is 9.77. The molecule has 32 heavy (non-hydrogen) atoms. The van der Waals surface area contributed by atoms with Crippen molar-refractivity contribution in [1.29, 1.82) is 0 Å². The minimum atomic E-state index is -4.01. The summed E-state index contributed by atoms with van der Waals surface area (Å²) in [5, 5.41) is 3.16. The Morgan fingerprint density at radius 3 is 2.41 bits per heavy atom. The molecule has 3 aromatic carbocycles. The fourth-order valence-electron chi connectivity index (χ4n) is 3.02. The molecule has 8 heteroatoms. The van der Waals surface area contributed by atoms with Gasteiger partial charge in [0.05, 0.1) is 16.7 Å². The number of anilines is 2. The van der Waals surface area contributed by atoms with Crippen LogP contribution in [-0.4, -0.2) is 27.0 Å². The first-order valence-corrected chi connectivity index (χ1v) is 11.9. The van der Waals surface area contributed by atoms with Crippen molar-refractivity contribution in [2.45, 2.75) is 31.8 Å². The Balaban J connectivity index is 1.90. The number of nitrogens with one attached hydrogen (secondary N) is 1. The predicted octanol–water partition coefficient (Wildman–Crippen LogP) is 5.27. The molecule has 3 rings (SSSR count). The highest BCUT2D eigenvalue weighted by Gasteiger charge is 2.27. The van der Waals surface area contributed by atoms with Gasteiger partial charge in [-0.1, -0.05) is 41.9 Å². The molecule has 0 spiro atoms. The number of hydrogen-bond donors (Lipinski definition) is 1. The Hall–Kier alpha value is -3.03. The van der Waals surface area contributed by atoms with E-state index in [1.165, 1.54) is 12.1 Å². The smallest absolute Gasteiger partial charge is 0.264 e. The molecule has 0 atom stereocenters. The number of halogens is 1. The number of carbonyl (C=O) groups excluding carboxylic acids is 1. The number of aryl methyl sites for hydroxylation is 1. The van der Waals surface area contributed by atoms with Crippen molar-refractivity contribution >= 4 is 38.9 Å². The summed E-state index contributed by atoms with van der Waals surface area (Å²) in [4.78, 5) is 12.9. The van der Waals surface area contributed by atoms with Crippen LogP contribution in [0.3, 0.4) is 0 Å². The van der Waals surface area contributed by atoms with Gasteiger partial charge in [-0.15, -0.1) is 0 Å². The van der Waals surface area contributed by atoms with Gasteiger partial charge in [0.15, 0.2) is 0 Å². The molecule has 0 saturated carbocycles. The lowest BCUT2D eigenvalue weighted by Crippen LogP contribution is -2.38. The Labute approximate surface area is 193 Å². The van der Waals surface area contributed by atoms with Gasteiger partial charge < -0.3 is 10.1 Å². The molecule has 0 saturated heterocycles. The van der Waals surface area contributed by atoms with Gasteiger partial charge in [0.2, 0.25) is 5.91 Å². The summed E-state index contributed by atoms with van der Waals surface area (Å²) in [6.07, 6.45) is -0.0151. The average Bonchev–Trinajstić information content (AvgIpc) is 2.74.